The zero-order valence-corrected chi connectivity index (χ0v) is 6.13. The zero-order valence-electron chi connectivity index (χ0n) is 6.13. The average molecular weight is 175 g/mol. The van der Waals surface area contributed by atoms with Crippen molar-refractivity contribution in [2.45, 2.75) is 24.8 Å². The van der Waals surface area contributed by atoms with Crippen LogP contribution in [0.5, 0.6) is 0 Å². The summed E-state index contributed by atoms with van der Waals surface area (Å²) in [6, 6.07) is -0.383. The van der Waals surface area contributed by atoms with Gasteiger partial charge in [0.15, 0.2) is 0 Å². The fraction of sp³-hybridized carbons (Fsp3) is 0.667. The Morgan fingerprint density at radius 2 is 2.33 bits per heavy atom. The number of hydrogen-bond donors (Lipinski definition) is 1. The Bertz CT molecular complexity index is 335. The van der Waals surface area contributed by atoms with Crippen LogP contribution in [0.4, 0.5) is 8.78 Å². The molecule has 1 aliphatic rings. The molecule has 0 aliphatic heterocycles. The van der Waals surface area contributed by atoms with Crippen LogP contribution in [0, 0.1) is 0 Å². The third-order valence-electron chi connectivity index (χ3n) is 2.04. The minimum absolute atomic E-state index is 0.257. The van der Waals surface area contributed by atoms with Crippen molar-refractivity contribution >= 4 is 0 Å². The molecule has 0 radical (unpaired) electrons. The summed E-state index contributed by atoms with van der Waals surface area (Å²) in [5.41, 5.74) is -0.421. The van der Waals surface area contributed by atoms with Gasteiger partial charge in [-0.25, -0.2) is 18.7 Å². The van der Waals surface area contributed by atoms with Gasteiger partial charge in [-0.3, -0.25) is 4.57 Å². The first kappa shape index (κ1) is 7.45. The van der Waals surface area contributed by atoms with Crippen LogP contribution in [0.25, 0.3) is 0 Å². The van der Waals surface area contributed by atoms with Crippen molar-refractivity contribution in [2.24, 2.45) is 0 Å². The highest BCUT2D eigenvalue weighted by molar-refractivity contribution is 4.91. The summed E-state index contributed by atoms with van der Waals surface area (Å²) in [6.45, 7) is 0. The van der Waals surface area contributed by atoms with Gasteiger partial charge in [-0.2, -0.15) is 5.10 Å². The van der Waals surface area contributed by atoms with Gasteiger partial charge < -0.3 is 0 Å². The van der Waals surface area contributed by atoms with E-state index in [9.17, 15) is 13.6 Å². The molecular weight excluding hydrogens is 168 g/mol. The van der Waals surface area contributed by atoms with Gasteiger partial charge in [-0.15, -0.1) is 0 Å². The molecule has 0 atom stereocenters. The smallest absolute Gasteiger partial charge is 0.278 e. The molecule has 1 aromatic rings. The van der Waals surface area contributed by atoms with E-state index in [1.807, 2.05) is 0 Å². The number of aromatic nitrogens is 3. The van der Waals surface area contributed by atoms with Gasteiger partial charge in [-0.1, -0.05) is 0 Å². The van der Waals surface area contributed by atoms with Crippen molar-refractivity contribution in [2.75, 3.05) is 0 Å². The van der Waals surface area contributed by atoms with Crippen LogP contribution in [0.1, 0.15) is 18.9 Å². The molecule has 6 heteroatoms. The van der Waals surface area contributed by atoms with E-state index in [0.29, 0.717) is 0 Å². The summed E-state index contributed by atoms with van der Waals surface area (Å²) in [4.78, 5) is 10.9. The van der Waals surface area contributed by atoms with E-state index in [-0.39, 0.29) is 18.9 Å². The Balaban J connectivity index is 2.16. The van der Waals surface area contributed by atoms with Crippen LogP contribution in [0.2, 0.25) is 0 Å². The Hall–Kier alpha value is -1.20. The Morgan fingerprint density at radius 3 is 2.75 bits per heavy atom. The first-order valence-electron chi connectivity index (χ1n) is 3.58. The number of nitrogens with zero attached hydrogens (tertiary/aromatic N) is 2. The quantitative estimate of drug-likeness (QED) is 0.677. The van der Waals surface area contributed by atoms with Gasteiger partial charge in [0, 0.05) is 12.8 Å². The number of H-pyrrole nitrogens is 1. The molecule has 2 rings (SSSR count). The van der Waals surface area contributed by atoms with E-state index in [4.69, 9.17) is 0 Å². The maximum absolute atomic E-state index is 12.4. The topological polar surface area (TPSA) is 50.7 Å². The second-order valence-electron chi connectivity index (χ2n) is 2.99. The lowest BCUT2D eigenvalue weighted by atomic mass is 9.88. The van der Waals surface area contributed by atoms with Gasteiger partial charge >= 0.3 is 5.69 Å². The Kier molecular flexibility index (Phi) is 1.33. The van der Waals surface area contributed by atoms with E-state index in [1.54, 1.807) is 0 Å². The molecule has 4 nitrogen and oxygen atoms in total. The third kappa shape index (κ3) is 1.03. The van der Waals surface area contributed by atoms with Crippen LogP contribution in [0.15, 0.2) is 11.1 Å². The highest BCUT2D eigenvalue weighted by atomic mass is 19.3. The molecule has 0 saturated heterocycles. The van der Waals surface area contributed by atoms with Crippen LogP contribution in [-0.2, 0) is 0 Å². The first-order valence-corrected chi connectivity index (χ1v) is 3.58. The first-order chi connectivity index (χ1) is 5.58. The number of rotatable bonds is 1. The van der Waals surface area contributed by atoms with Gasteiger partial charge in [-0.05, 0) is 0 Å². The van der Waals surface area contributed by atoms with Crippen LogP contribution in [0.3, 0.4) is 0 Å². The molecule has 1 aliphatic carbocycles. The number of aromatic amines is 1. The van der Waals surface area contributed by atoms with Gasteiger partial charge in [0.05, 0.1) is 6.04 Å². The van der Waals surface area contributed by atoms with E-state index < -0.39 is 11.6 Å². The van der Waals surface area contributed by atoms with Gasteiger partial charge in [0.2, 0.25) is 0 Å². The molecular formula is C6H7F2N3O. The second-order valence-corrected chi connectivity index (χ2v) is 2.99. The van der Waals surface area contributed by atoms with E-state index in [1.165, 1.54) is 10.9 Å². The van der Waals surface area contributed by atoms with Crippen LogP contribution < -0.4 is 5.69 Å². The fourth-order valence-electron chi connectivity index (χ4n) is 1.34. The summed E-state index contributed by atoms with van der Waals surface area (Å²) < 4.78 is 25.9. The van der Waals surface area contributed by atoms with Crippen molar-refractivity contribution in [1.29, 1.82) is 0 Å². The molecule has 0 unspecified atom stereocenters. The van der Waals surface area contributed by atoms with Crippen LogP contribution >= 0.6 is 0 Å². The third-order valence-corrected chi connectivity index (χ3v) is 2.04. The van der Waals surface area contributed by atoms with Crippen molar-refractivity contribution < 1.29 is 8.78 Å². The average Bonchev–Trinajstić information content (AvgIpc) is 2.30. The summed E-state index contributed by atoms with van der Waals surface area (Å²) in [5, 5.41) is 5.61. The Morgan fingerprint density at radius 1 is 1.67 bits per heavy atom. The normalized spacial score (nSPS) is 22.2. The standard InChI is InChI=1S/C6H7F2N3O/c7-6(8)1-4(2-6)11-3-9-10-5(11)12/h3-4H,1-2H2,(H,10,12). The van der Waals surface area contributed by atoms with Gasteiger partial charge in [0.1, 0.15) is 6.33 Å². The number of alkyl halides is 2. The lowest BCUT2D eigenvalue weighted by molar-refractivity contribution is -0.104. The van der Waals surface area contributed by atoms with Crippen LogP contribution in [-0.4, -0.2) is 20.7 Å². The van der Waals surface area contributed by atoms with E-state index in [0.717, 1.165) is 0 Å². The largest absolute Gasteiger partial charge is 0.343 e. The lowest BCUT2D eigenvalue weighted by Crippen LogP contribution is -2.40. The monoisotopic (exact) mass is 175 g/mol. The molecule has 66 valence electrons. The number of nitrogens with one attached hydrogen (secondary N) is 1. The van der Waals surface area contributed by atoms with Crippen molar-refractivity contribution in [1.82, 2.24) is 14.8 Å². The molecule has 1 saturated carbocycles. The zero-order chi connectivity index (χ0) is 8.77. The molecule has 1 heterocycles. The summed E-state index contributed by atoms with van der Waals surface area (Å²) in [6.07, 6.45) is 0.737. The predicted molar refractivity (Wildman–Crippen MR) is 36.1 cm³/mol. The number of halogens is 2. The summed E-state index contributed by atoms with van der Waals surface area (Å²) in [5.74, 6) is -2.60. The summed E-state index contributed by atoms with van der Waals surface area (Å²) in [7, 11) is 0. The second kappa shape index (κ2) is 2.15. The Labute approximate surface area is 66.2 Å². The minimum atomic E-state index is -2.60. The van der Waals surface area contributed by atoms with E-state index in [2.05, 4.69) is 10.2 Å². The minimum Gasteiger partial charge on any atom is -0.278 e. The molecule has 1 N–H and O–H groups in total. The molecule has 12 heavy (non-hydrogen) atoms. The van der Waals surface area contributed by atoms with Crippen molar-refractivity contribution in [3.63, 3.8) is 0 Å². The fourth-order valence-corrected chi connectivity index (χ4v) is 1.34. The van der Waals surface area contributed by atoms with Gasteiger partial charge in [0.25, 0.3) is 5.92 Å². The maximum atomic E-state index is 12.4. The SMILES string of the molecule is O=c1[nH]ncn1C1CC(F)(F)C1. The molecule has 0 amide bonds. The van der Waals surface area contributed by atoms with E-state index >= 15 is 0 Å². The lowest BCUT2D eigenvalue weighted by Gasteiger charge is -2.34. The maximum Gasteiger partial charge on any atom is 0.343 e. The molecule has 0 aromatic carbocycles. The van der Waals surface area contributed by atoms with Crippen molar-refractivity contribution in [3.8, 4) is 0 Å². The molecule has 1 aromatic heterocycles. The van der Waals surface area contributed by atoms with Crippen molar-refractivity contribution in [3.05, 3.63) is 16.8 Å². The summed E-state index contributed by atoms with van der Waals surface area (Å²) >= 11 is 0. The predicted octanol–water partition coefficient (Wildman–Crippen LogP) is 0.542. The highest BCUT2D eigenvalue weighted by Crippen LogP contribution is 2.44. The number of hydrogen-bond acceptors (Lipinski definition) is 2. The molecule has 0 bridgehead atoms. The molecule has 0 spiro atoms. The molecule has 1 fully saturated rings. The highest BCUT2D eigenvalue weighted by Gasteiger charge is 2.46.